The highest BCUT2D eigenvalue weighted by Gasteiger charge is 2.34. The van der Waals surface area contributed by atoms with Gasteiger partial charge >= 0.3 is 0 Å². The molecule has 1 amide bonds. The zero-order valence-electron chi connectivity index (χ0n) is 22.2. The number of aromatic nitrogens is 3. The van der Waals surface area contributed by atoms with Crippen LogP contribution in [0.5, 0.6) is 5.88 Å². The Hall–Kier alpha value is -4.82. The van der Waals surface area contributed by atoms with E-state index in [1.165, 1.54) is 41.2 Å². The van der Waals surface area contributed by atoms with E-state index in [-0.39, 0.29) is 10.5 Å². The Balaban J connectivity index is 1.64. The molecule has 1 aliphatic carbocycles. The molecule has 1 unspecified atom stereocenters. The molecule has 41 heavy (non-hydrogen) atoms. The van der Waals surface area contributed by atoms with E-state index in [0.29, 0.717) is 46.8 Å². The van der Waals surface area contributed by atoms with Gasteiger partial charge in [0, 0.05) is 18.8 Å². The molecule has 2 heterocycles. The summed E-state index contributed by atoms with van der Waals surface area (Å²) in [5.74, 6) is -0.776. The van der Waals surface area contributed by atoms with Crippen molar-refractivity contribution in [1.82, 2.24) is 14.5 Å². The molecule has 0 bridgehead atoms. The van der Waals surface area contributed by atoms with Crippen LogP contribution < -0.4 is 11.3 Å². The van der Waals surface area contributed by atoms with E-state index in [4.69, 9.17) is 5.73 Å². The van der Waals surface area contributed by atoms with Crippen molar-refractivity contribution in [2.45, 2.75) is 48.4 Å². The molecule has 208 valence electrons. The molecule has 0 saturated heterocycles. The molecule has 4 aromatic rings. The van der Waals surface area contributed by atoms with E-state index < -0.39 is 38.1 Å². The second kappa shape index (κ2) is 11.0. The monoisotopic (exact) mass is 569 g/mol. The van der Waals surface area contributed by atoms with Crippen LogP contribution in [0.4, 0.5) is 0 Å². The number of amides is 1. The highest BCUT2D eigenvalue weighted by atomic mass is 32.2. The average molecular weight is 570 g/mol. The zero-order chi connectivity index (χ0) is 29.3. The first-order valence-corrected chi connectivity index (χ1v) is 14.6. The van der Waals surface area contributed by atoms with Crippen LogP contribution >= 0.6 is 0 Å². The molecule has 0 aliphatic heterocycles. The molecule has 1 saturated carbocycles. The zero-order valence-corrected chi connectivity index (χ0v) is 23.0. The van der Waals surface area contributed by atoms with Gasteiger partial charge in [-0.1, -0.05) is 31.2 Å². The van der Waals surface area contributed by atoms with Crippen molar-refractivity contribution in [3.63, 3.8) is 0 Å². The van der Waals surface area contributed by atoms with Gasteiger partial charge in [0.05, 0.1) is 28.1 Å². The summed E-state index contributed by atoms with van der Waals surface area (Å²) < 4.78 is 29.0. The summed E-state index contributed by atoms with van der Waals surface area (Å²) in [5, 5.41) is 20.9. The first-order valence-electron chi connectivity index (χ1n) is 13.1. The normalized spacial score (nSPS) is 13.9. The summed E-state index contributed by atoms with van der Waals surface area (Å²) in [6, 6.07) is 15.5. The number of rotatable bonds is 9. The smallest absolute Gasteiger partial charge is 0.296 e. The third-order valence-corrected chi connectivity index (χ3v) is 9.02. The maximum absolute atomic E-state index is 13.8. The van der Waals surface area contributed by atoms with Gasteiger partial charge in [-0.15, -0.1) is 0 Å². The second-order valence-electron chi connectivity index (χ2n) is 9.98. The first kappa shape index (κ1) is 27.7. The van der Waals surface area contributed by atoms with Crippen molar-refractivity contribution in [3.8, 4) is 23.1 Å². The van der Waals surface area contributed by atoms with E-state index in [1.54, 1.807) is 30.3 Å². The maximum Gasteiger partial charge on any atom is 0.296 e. The topological polar surface area (TPSA) is 169 Å². The van der Waals surface area contributed by atoms with Gasteiger partial charge in [0.1, 0.15) is 5.82 Å². The number of benzene rings is 2. The fourth-order valence-corrected chi connectivity index (χ4v) is 6.34. The number of aromatic hydroxyl groups is 1. The van der Waals surface area contributed by atoms with Crippen molar-refractivity contribution in [2.75, 3.05) is 0 Å². The van der Waals surface area contributed by atoms with Gasteiger partial charge in [0.15, 0.2) is 4.90 Å². The Morgan fingerprint density at radius 3 is 2.56 bits per heavy atom. The lowest BCUT2D eigenvalue weighted by atomic mass is 10.0. The number of carbonyl (C=O) groups excluding carboxylic acids is 1. The SMILES string of the molecule is CCC(c1cccc(C#N)c1)n1c(CC2CC2)nc(=O)c(S(=O)(=O)c2ccc(-c3ccncc3C(N)=O)cc2)c1O. The number of nitriles is 1. The Labute approximate surface area is 236 Å². The summed E-state index contributed by atoms with van der Waals surface area (Å²) >= 11 is 0. The van der Waals surface area contributed by atoms with Gasteiger partial charge < -0.3 is 10.8 Å². The number of primary amides is 1. The van der Waals surface area contributed by atoms with Gasteiger partial charge in [0.25, 0.3) is 11.5 Å². The van der Waals surface area contributed by atoms with Crippen molar-refractivity contribution < 1.29 is 18.3 Å². The van der Waals surface area contributed by atoms with Crippen LogP contribution in [0, 0.1) is 17.2 Å². The molecule has 1 atom stereocenters. The lowest BCUT2D eigenvalue weighted by Gasteiger charge is -2.25. The van der Waals surface area contributed by atoms with Crippen LogP contribution in [0.3, 0.4) is 0 Å². The Kier molecular flexibility index (Phi) is 7.43. The number of carbonyl (C=O) groups is 1. The van der Waals surface area contributed by atoms with Crippen LogP contribution in [0.25, 0.3) is 11.1 Å². The van der Waals surface area contributed by atoms with Crippen molar-refractivity contribution >= 4 is 15.7 Å². The minimum Gasteiger partial charge on any atom is -0.493 e. The van der Waals surface area contributed by atoms with Crippen molar-refractivity contribution in [3.05, 3.63) is 99.9 Å². The minimum atomic E-state index is -4.52. The molecule has 3 N–H and O–H groups in total. The van der Waals surface area contributed by atoms with E-state index >= 15 is 0 Å². The predicted molar refractivity (Wildman–Crippen MR) is 150 cm³/mol. The number of sulfone groups is 1. The molecule has 2 aromatic heterocycles. The van der Waals surface area contributed by atoms with Gasteiger partial charge in [-0.05, 0) is 72.2 Å². The van der Waals surface area contributed by atoms with E-state index in [2.05, 4.69) is 16.0 Å². The quantitative estimate of drug-likeness (QED) is 0.307. The number of hydrogen-bond acceptors (Lipinski definition) is 8. The summed E-state index contributed by atoms with van der Waals surface area (Å²) in [7, 11) is -4.52. The largest absolute Gasteiger partial charge is 0.493 e. The third kappa shape index (κ3) is 5.34. The highest BCUT2D eigenvalue weighted by molar-refractivity contribution is 7.91. The number of pyridine rings is 1. The fraction of sp³-hybridized carbons (Fsp3) is 0.233. The van der Waals surface area contributed by atoms with Crippen LogP contribution in [-0.4, -0.2) is 34.0 Å². The lowest BCUT2D eigenvalue weighted by Crippen LogP contribution is -2.27. The maximum atomic E-state index is 13.8. The van der Waals surface area contributed by atoms with Crippen LogP contribution in [-0.2, 0) is 16.3 Å². The lowest BCUT2D eigenvalue weighted by molar-refractivity contribution is 0.100. The molecule has 2 aromatic carbocycles. The molecule has 5 rings (SSSR count). The molecule has 1 fully saturated rings. The average Bonchev–Trinajstić information content (AvgIpc) is 3.79. The number of nitrogens with two attached hydrogens (primary N) is 1. The Morgan fingerprint density at radius 2 is 1.93 bits per heavy atom. The molecule has 1 aliphatic rings. The first-order chi connectivity index (χ1) is 19.6. The van der Waals surface area contributed by atoms with Gasteiger partial charge in [-0.2, -0.15) is 10.2 Å². The minimum absolute atomic E-state index is 0.171. The fourth-order valence-electron chi connectivity index (χ4n) is 4.99. The number of nitrogens with zero attached hydrogens (tertiary/aromatic N) is 4. The molecule has 0 spiro atoms. The Morgan fingerprint density at radius 1 is 1.20 bits per heavy atom. The van der Waals surface area contributed by atoms with Gasteiger partial charge in [-0.3, -0.25) is 19.1 Å². The highest BCUT2D eigenvalue weighted by Crippen LogP contribution is 2.37. The summed E-state index contributed by atoms with van der Waals surface area (Å²) in [5.41, 5.74) is 6.67. The van der Waals surface area contributed by atoms with Crippen LogP contribution in [0.1, 0.15) is 59.5 Å². The molecular formula is C30H27N5O5S. The summed E-state index contributed by atoms with van der Waals surface area (Å²) in [6.45, 7) is 1.87. The summed E-state index contributed by atoms with van der Waals surface area (Å²) in [6.07, 6.45) is 5.58. The van der Waals surface area contributed by atoms with Crippen LogP contribution in [0.15, 0.2) is 81.6 Å². The second-order valence-corrected chi connectivity index (χ2v) is 11.9. The van der Waals surface area contributed by atoms with E-state index in [0.717, 1.165) is 12.8 Å². The van der Waals surface area contributed by atoms with E-state index in [1.807, 2.05) is 6.92 Å². The molecule has 0 radical (unpaired) electrons. The molecule has 10 nitrogen and oxygen atoms in total. The third-order valence-electron chi connectivity index (χ3n) is 7.23. The van der Waals surface area contributed by atoms with Crippen molar-refractivity contribution in [1.29, 1.82) is 5.26 Å². The Bertz CT molecular complexity index is 1860. The molecule has 11 heteroatoms. The molecular weight excluding hydrogens is 542 g/mol. The number of hydrogen-bond donors (Lipinski definition) is 2. The van der Waals surface area contributed by atoms with Gasteiger partial charge in [0.2, 0.25) is 15.7 Å². The standard InChI is InChI=1S/C30H27N5O5S/c1-2-25(21-5-3-4-19(14-21)16-31)35-26(15-18-6-7-18)34-29(37)27(30(35)38)41(39,40)22-10-8-20(9-11-22)23-12-13-33-17-24(23)28(32)36/h3-5,8-14,17-18,25,38H,2,6-7,15H2,1H3,(H2,32,36). The van der Waals surface area contributed by atoms with E-state index in [9.17, 15) is 28.4 Å². The van der Waals surface area contributed by atoms with Crippen LogP contribution in [0.2, 0.25) is 0 Å². The van der Waals surface area contributed by atoms with Crippen molar-refractivity contribution in [2.24, 2.45) is 11.7 Å². The summed E-state index contributed by atoms with van der Waals surface area (Å²) in [4.78, 5) is 32.1. The van der Waals surface area contributed by atoms with Gasteiger partial charge in [-0.25, -0.2) is 8.42 Å². The predicted octanol–water partition coefficient (Wildman–Crippen LogP) is 3.77.